The number of nitrogens with two attached hydrogens (primary N) is 2. The Kier molecular flexibility index (Phi) is 31.5. The Labute approximate surface area is 547 Å². The number of aliphatic hydroxyl groups excluding tert-OH is 4. The van der Waals surface area contributed by atoms with Gasteiger partial charge in [0.25, 0.3) is 0 Å². The van der Waals surface area contributed by atoms with Crippen molar-refractivity contribution < 1.29 is 113 Å². The number of hydroxylamine groups is 4. The van der Waals surface area contributed by atoms with Crippen molar-refractivity contribution in [1.82, 2.24) is 68.6 Å². The van der Waals surface area contributed by atoms with Crippen LogP contribution in [0.15, 0.2) is 22.8 Å². The van der Waals surface area contributed by atoms with Gasteiger partial charge in [-0.15, -0.1) is 0 Å². The van der Waals surface area contributed by atoms with Gasteiger partial charge in [-0.05, 0) is 96.7 Å². The number of amides is 12. The molecule has 532 valence electrons. The number of phenols is 2. The summed E-state index contributed by atoms with van der Waals surface area (Å²) in [5.74, 6) is -15.3. The fraction of sp³-hybridized carbons (Fsp3) is 0.589. The van der Waals surface area contributed by atoms with Crippen molar-refractivity contribution in [3.63, 3.8) is 0 Å². The number of aliphatic hydroxyl groups is 4. The van der Waals surface area contributed by atoms with Crippen LogP contribution in [0.5, 0.6) is 11.5 Å². The average Bonchev–Trinajstić information content (AvgIpc) is 0.750. The number of aliphatic carboxylic acids is 1. The van der Waals surface area contributed by atoms with Crippen molar-refractivity contribution >= 4 is 101 Å². The number of benzene rings is 1. The normalized spacial score (nSPS) is 21.0. The van der Waals surface area contributed by atoms with E-state index in [9.17, 15) is 108 Å². The van der Waals surface area contributed by atoms with E-state index < -0.39 is 194 Å². The first-order valence-electron chi connectivity index (χ1n) is 30.5. The molecule has 0 radical (unpaired) electrons. The van der Waals surface area contributed by atoms with E-state index in [1.165, 1.54) is 17.9 Å². The number of rotatable bonds is 33. The first-order valence-corrected chi connectivity index (χ1v) is 30.5. The van der Waals surface area contributed by atoms with Crippen LogP contribution in [0.4, 0.5) is 5.69 Å². The average molecular weight is 1360 g/mol. The molecule has 0 aromatic heterocycles. The van der Waals surface area contributed by atoms with Gasteiger partial charge in [-0.1, -0.05) is 0 Å². The third-order valence-corrected chi connectivity index (χ3v) is 15.2. The Balaban J connectivity index is 1.61. The van der Waals surface area contributed by atoms with Gasteiger partial charge in [0, 0.05) is 50.7 Å². The standard InChI is InChI=1S/C56H85N17O23/c1-27(78)43-53(91)60-15-4-3-8-30(46(84)64-33(11-7-19-72(96)26-77)49(87)69-44(28(2)79)54(92)70-43)63-47(85)32(10-6-18-71(95)25-76)66-50(88)35(23-74)67-48(86)31(9-5-16-61-56(57)58)65-51(89)36(24-75)68-52(90)37-14-17-59-45-34(62-42(83)13-12-39(80)55(93)94)20-29-21-40(81)41(82)22-38(29)73(37)45/h20-22,25-28,30-33,35-37,43-45,59,74-75,78-79,81-82,95-96H,3-19,23-24H2,1-2H3,(H,60,91)(H,62,83)(H,63,85)(H,64,84)(H,65,89)(H,66,88)(H,67,86)(H,68,90)(H,69,87)(H,70,92)(H,93,94)(H4,57,58,61)/t27-,28-,30+,31+,32+,33+,35-,36-,37+,43+,44+,45?/m1/s1. The first-order chi connectivity index (χ1) is 45.4. The zero-order valence-electron chi connectivity index (χ0n) is 52.4. The van der Waals surface area contributed by atoms with Crippen molar-refractivity contribution in [3.05, 3.63) is 23.4 Å². The number of fused-ring (bicyclic) bond motifs is 3. The Morgan fingerprint density at radius 2 is 1.26 bits per heavy atom. The summed E-state index contributed by atoms with van der Waals surface area (Å²) in [6.07, 6.45) is -5.82. The van der Waals surface area contributed by atoms with Crippen molar-refractivity contribution in [2.24, 2.45) is 16.5 Å². The topological polar surface area (TPSA) is 627 Å². The number of hydrogen-bond donors (Lipinski definition) is 22. The van der Waals surface area contributed by atoms with E-state index in [0.29, 0.717) is 0 Å². The van der Waals surface area contributed by atoms with E-state index in [4.69, 9.17) is 16.6 Å². The van der Waals surface area contributed by atoms with Gasteiger partial charge in [0.1, 0.15) is 60.5 Å². The predicted molar refractivity (Wildman–Crippen MR) is 328 cm³/mol. The van der Waals surface area contributed by atoms with Gasteiger partial charge in [-0.25, -0.2) is 14.9 Å². The third-order valence-electron chi connectivity index (χ3n) is 15.2. The van der Waals surface area contributed by atoms with E-state index in [2.05, 4.69) is 63.5 Å². The van der Waals surface area contributed by atoms with Gasteiger partial charge in [0.05, 0.1) is 36.8 Å². The van der Waals surface area contributed by atoms with E-state index in [-0.39, 0.29) is 130 Å². The number of carboxylic acid groups (broad SMARTS) is 1. The highest BCUT2D eigenvalue weighted by molar-refractivity contribution is 6.33. The number of aliphatic imine (C=N–C) groups is 1. The summed E-state index contributed by atoms with van der Waals surface area (Å²) in [5, 5.41) is 119. The second kappa shape index (κ2) is 38.5. The van der Waals surface area contributed by atoms with Crippen LogP contribution < -0.4 is 74.9 Å². The molecule has 1 aromatic carbocycles. The second-order valence-corrected chi connectivity index (χ2v) is 22.6. The molecule has 3 heterocycles. The molecule has 96 heavy (non-hydrogen) atoms. The number of Topliss-reactive ketones (excluding diaryl/α,β-unsaturated/α-hetero) is 1. The van der Waals surface area contributed by atoms with Gasteiger partial charge in [0.2, 0.25) is 77.7 Å². The van der Waals surface area contributed by atoms with Crippen LogP contribution in [0.1, 0.15) is 96.5 Å². The number of nitrogens with zero attached hydrogens (tertiary/aromatic N) is 4. The molecule has 1 aromatic rings. The number of hydrogen-bond acceptors (Lipinski definition) is 25. The lowest BCUT2D eigenvalue weighted by Gasteiger charge is -2.47. The number of nitrogens with one attached hydrogen (secondary N) is 11. The largest absolute Gasteiger partial charge is 0.504 e. The van der Waals surface area contributed by atoms with E-state index in [0.717, 1.165) is 19.1 Å². The van der Waals surface area contributed by atoms with Crippen molar-refractivity contribution in [3.8, 4) is 11.5 Å². The molecule has 12 atom stereocenters. The summed E-state index contributed by atoms with van der Waals surface area (Å²) < 4.78 is 0. The van der Waals surface area contributed by atoms with Crippen LogP contribution in [-0.2, 0) is 67.1 Å². The fourth-order valence-corrected chi connectivity index (χ4v) is 10.1. The summed E-state index contributed by atoms with van der Waals surface area (Å²) in [4.78, 5) is 190. The minimum Gasteiger partial charge on any atom is -0.504 e. The zero-order chi connectivity index (χ0) is 71.5. The van der Waals surface area contributed by atoms with Gasteiger partial charge in [-0.3, -0.25) is 83.1 Å². The number of carbonyl (C=O) groups excluding carboxylic acids is 13. The van der Waals surface area contributed by atoms with E-state index in [1.54, 1.807) is 0 Å². The van der Waals surface area contributed by atoms with Crippen LogP contribution >= 0.6 is 0 Å². The van der Waals surface area contributed by atoms with Crippen LogP contribution in [0.25, 0.3) is 6.08 Å². The Bertz CT molecular complexity index is 3040. The molecule has 2 saturated heterocycles. The lowest BCUT2D eigenvalue weighted by atomic mass is 9.96. The Hall–Kier alpha value is -9.87. The SMILES string of the molecule is C[C@@H](O)[C@@H]1NC(=O)[C@H](CCCN(O)C=O)NC(=O)[C@@H](NC(=O)[C@H](CCCN(O)C=O)NC(=O)[C@@H](CO)NC(=O)[C@H](CCCN=C(N)N)NC(=O)[C@@H](CO)NC(=O)[C@@H]2CCNC3C(NC(=O)CCC(=O)C(=O)O)=Cc4cc(O)c(O)cc4N32)CCCCNC(=O)[C@H]([C@@H](C)O)NC1=O. The molecule has 0 saturated carbocycles. The number of carboxylic acids is 1. The molecule has 0 spiro atoms. The van der Waals surface area contributed by atoms with Crippen LogP contribution in [0.3, 0.4) is 0 Å². The molecular weight excluding hydrogens is 1280 g/mol. The Morgan fingerprint density at radius 3 is 1.86 bits per heavy atom. The lowest BCUT2D eigenvalue weighted by molar-refractivity contribution is -0.150. The summed E-state index contributed by atoms with van der Waals surface area (Å²) >= 11 is 0. The molecule has 0 aliphatic carbocycles. The van der Waals surface area contributed by atoms with Gasteiger partial charge in [0.15, 0.2) is 17.5 Å². The molecule has 40 heteroatoms. The molecule has 24 N–H and O–H groups in total. The maximum Gasteiger partial charge on any atom is 0.372 e. The highest BCUT2D eigenvalue weighted by atomic mass is 16.5. The highest BCUT2D eigenvalue weighted by Crippen LogP contribution is 2.41. The molecule has 40 nitrogen and oxygen atoms in total. The monoisotopic (exact) mass is 1360 g/mol. The van der Waals surface area contributed by atoms with Gasteiger partial charge < -0.3 is 105 Å². The van der Waals surface area contributed by atoms with Crippen molar-refractivity contribution in [2.75, 3.05) is 50.8 Å². The zero-order valence-corrected chi connectivity index (χ0v) is 52.4. The number of aromatic hydroxyl groups is 2. The van der Waals surface area contributed by atoms with Crippen LogP contribution in [0.2, 0.25) is 0 Å². The van der Waals surface area contributed by atoms with Crippen molar-refractivity contribution in [2.45, 2.75) is 164 Å². The van der Waals surface area contributed by atoms with Gasteiger partial charge in [-0.2, -0.15) is 0 Å². The van der Waals surface area contributed by atoms with E-state index in [1.807, 2.05) is 0 Å². The minimum absolute atomic E-state index is 0.0203. The third kappa shape index (κ3) is 23.9. The van der Waals surface area contributed by atoms with E-state index >= 15 is 0 Å². The maximum absolute atomic E-state index is 14.4. The molecule has 2 fully saturated rings. The summed E-state index contributed by atoms with van der Waals surface area (Å²) in [6, 6.07) is -13.0. The molecule has 3 aliphatic heterocycles. The minimum atomic E-state index is -1.98. The highest BCUT2D eigenvalue weighted by Gasteiger charge is 2.43. The number of ketones is 1. The van der Waals surface area contributed by atoms with Crippen LogP contribution in [0, 0.1) is 0 Å². The Morgan fingerprint density at radius 1 is 0.698 bits per heavy atom. The van der Waals surface area contributed by atoms with Gasteiger partial charge >= 0.3 is 5.97 Å². The molecule has 1 unspecified atom stereocenters. The quantitative estimate of drug-likeness (QED) is 0.00454. The number of carbonyl (C=O) groups is 14. The number of anilines is 1. The summed E-state index contributed by atoms with van der Waals surface area (Å²) in [5.41, 5.74) is 11.3. The predicted octanol–water partition coefficient (Wildman–Crippen LogP) is -9.27. The smallest absolute Gasteiger partial charge is 0.372 e. The number of guanidine groups is 1. The number of phenolic OH excluding ortho intramolecular Hbond substituents is 2. The fourth-order valence-electron chi connectivity index (χ4n) is 10.1. The summed E-state index contributed by atoms with van der Waals surface area (Å²) in [6.45, 7) is -1.03. The first kappa shape index (κ1) is 78.6. The molecular formula is C56H85N17O23. The summed E-state index contributed by atoms with van der Waals surface area (Å²) in [7, 11) is 0. The lowest BCUT2D eigenvalue weighted by Crippen LogP contribution is -2.66. The van der Waals surface area contributed by atoms with Crippen LogP contribution in [-0.4, -0.2) is 265 Å². The molecule has 4 rings (SSSR count). The molecule has 0 bridgehead atoms. The molecule has 3 aliphatic rings. The molecule has 12 amide bonds. The van der Waals surface area contributed by atoms with Crippen molar-refractivity contribution in [1.29, 1.82) is 0 Å². The maximum atomic E-state index is 14.4. The second-order valence-electron chi connectivity index (χ2n) is 22.6.